The number of aromatic nitrogens is 2. The molecule has 6 nitrogen and oxygen atoms in total. The fourth-order valence-corrected chi connectivity index (χ4v) is 3.48. The number of aryl methyl sites for hydroxylation is 1. The molecular formula is C13H25N3O3S. The molecule has 0 saturated heterocycles. The molecule has 0 bridgehead atoms. The lowest BCUT2D eigenvalue weighted by Crippen LogP contribution is -2.37. The van der Waals surface area contributed by atoms with E-state index in [9.17, 15) is 8.42 Å². The second-order valence-corrected chi connectivity index (χ2v) is 6.86. The van der Waals surface area contributed by atoms with Gasteiger partial charge in [-0.15, -0.1) is 0 Å². The van der Waals surface area contributed by atoms with E-state index in [1.165, 1.54) is 0 Å². The molecule has 2 N–H and O–H groups in total. The van der Waals surface area contributed by atoms with Crippen LogP contribution in [0.5, 0.6) is 5.75 Å². The average molecular weight is 303 g/mol. The lowest BCUT2D eigenvalue weighted by atomic mass is 9.85. The van der Waals surface area contributed by atoms with Gasteiger partial charge >= 0.3 is 0 Å². The van der Waals surface area contributed by atoms with E-state index in [2.05, 4.69) is 12.0 Å². The Morgan fingerprint density at radius 3 is 2.50 bits per heavy atom. The smallest absolute Gasteiger partial charge is 0.209 e. The number of nitrogens with zero attached hydrogens (tertiary/aromatic N) is 2. The third-order valence-corrected chi connectivity index (χ3v) is 4.63. The van der Waals surface area contributed by atoms with Crippen LogP contribution in [0.2, 0.25) is 0 Å². The van der Waals surface area contributed by atoms with Gasteiger partial charge in [0.15, 0.2) is 5.75 Å². The summed E-state index contributed by atoms with van der Waals surface area (Å²) in [5.74, 6) is 0.606. The normalized spacial score (nSPS) is 12.6. The molecule has 20 heavy (non-hydrogen) atoms. The summed E-state index contributed by atoms with van der Waals surface area (Å²) in [6, 6.07) is 0. The van der Waals surface area contributed by atoms with Gasteiger partial charge in [-0.05, 0) is 19.3 Å². The Morgan fingerprint density at radius 1 is 1.35 bits per heavy atom. The first-order chi connectivity index (χ1) is 9.34. The predicted molar refractivity (Wildman–Crippen MR) is 79.0 cm³/mol. The Morgan fingerprint density at radius 2 is 2.00 bits per heavy atom. The van der Waals surface area contributed by atoms with Crippen LogP contribution in [0.3, 0.4) is 0 Å². The molecule has 0 aliphatic carbocycles. The van der Waals surface area contributed by atoms with E-state index < -0.39 is 15.4 Å². The van der Waals surface area contributed by atoms with Crippen molar-refractivity contribution in [1.29, 1.82) is 0 Å². The molecule has 0 radical (unpaired) electrons. The maximum absolute atomic E-state index is 11.4. The summed E-state index contributed by atoms with van der Waals surface area (Å²) in [4.78, 5) is 0. The molecule has 0 amide bonds. The molecule has 0 aliphatic rings. The maximum Gasteiger partial charge on any atom is 0.209 e. The minimum atomic E-state index is -3.51. The molecule has 1 heterocycles. The van der Waals surface area contributed by atoms with Crippen LogP contribution in [0.1, 0.15) is 40.0 Å². The van der Waals surface area contributed by atoms with Crippen molar-refractivity contribution in [1.82, 2.24) is 9.78 Å². The van der Waals surface area contributed by atoms with Crippen molar-refractivity contribution in [2.24, 2.45) is 10.6 Å². The van der Waals surface area contributed by atoms with E-state index in [-0.39, 0.29) is 5.75 Å². The van der Waals surface area contributed by atoms with Gasteiger partial charge in [0.1, 0.15) is 0 Å². The largest absolute Gasteiger partial charge is 0.490 e. The molecule has 0 aliphatic heterocycles. The molecule has 1 aromatic rings. The van der Waals surface area contributed by atoms with Crippen molar-refractivity contribution in [3.05, 3.63) is 12.4 Å². The number of hydrogen-bond donors (Lipinski definition) is 1. The minimum Gasteiger partial charge on any atom is -0.490 e. The summed E-state index contributed by atoms with van der Waals surface area (Å²) in [6.07, 6.45) is 5.88. The highest BCUT2D eigenvalue weighted by Gasteiger charge is 2.32. The van der Waals surface area contributed by atoms with Crippen molar-refractivity contribution in [2.75, 3.05) is 12.4 Å². The first-order valence-electron chi connectivity index (χ1n) is 7.00. The van der Waals surface area contributed by atoms with Gasteiger partial charge in [-0.25, -0.2) is 13.6 Å². The summed E-state index contributed by atoms with van der Waals surface area (Å²) < 4.78 is 30.3. The molecule has 1 aromatic heterocycles. The molecule has 0 fully saturated rings. The van der Waals surface area contributed by atoms with Crippen molar-refractivity contribution < 1.29 is 13.2 Å². The second kappa shape index (κ2) is 7.08. The minimum absolute atomic E-state index is 0.0594. The van der Waals surface area contributed by atoms with Crippen LogP contribution in [0.25, 0.3) is 0 Å². The third kappa shape index (κ3) is 5.13. The van der Waals surface area contributed by atoms with Crippen LogP contribution in [0.15, 0.2) is 12.4 Å². The Bertz CT molecular complexity index is 507. The monoisotopic (exact) mass is 303 g/mol. The van der Waals surface area contributed by atoms with Crippen molar-refractivity contribution in [2.45, 2.75) is 46.6 Å². The van der Waals surface area contributed by atoms with Gasteiger partial charge in [-0.3, -0.25) is 4.68 Å². The zero-order valence-electron chi connectivity index (χ0n) is 12.5. The van der Waals surface area contributed by atoms with Crippen LogP contribution in [-0.4, -0.2) is 30.6 Å². The first-order valence-corrected chi connectivity index (χ1v) is 8.71. The third-order valence-electron chi connectivity index (χ3n) is 3.61. The molecule has 0 unspecified atom stereocenters. The number of sulfonamides is 1. The quantitative estimate of drug-likeness (QED) is 0.753. The van der Waals surface area contributed by atoms with E-state index in [0.29, 0.717) is 25.2 Å². The molecule has 0 spiro atoms. The number of primary sulfonamides is 1. The lowest BCUT2D eigenvalue weighted by Gasteiger charge is -2.30. The van der Waals surface area contributed by atoms with Crippen molar-refractivity contribution >= 4 is 10.0 Å². The van der Waals surface area contributed by atoms with Gasteiger partial charge in [0.25, 0.3) is 0 Å². The van der Waals surface area contributed by atoms with E-state index in [4.69, 9.17) is 9.88 Å². The summed E-state index contributed by atoms with van der Waals surface area (Å²) in [7, 11) is -3.51. The van der Waals surface area contributed by atoms with Crippen LogP contribution < -0.4 is 9.88 Å². The molecular weight excluding hydrogens is 278 g/mol. The van der Waals surface area contributed by atoms with Gasteiger partial charge in [0.2, 0.25) is 10.0 Å². The van der Waals surface area contributed by atoms with E-state index in [0.717, 1.165) is 13.0 Å². The SMILES string of the molecule is CCCn1cc(OCC(CC)(CC)CS(N)(=O)=O)cn1. The highest BCUT2D eigenvalue weighted by atomic mass is 32.2. The van der Waals surface area contributed by atoms with Gasteiger partial charge in [0.05, 0.1) is 24.8 Å². The molecule has 116 valence electrons. The maximum atomic E-state index is 11.4. The number of ether oxygens (including phenoxy) is 1. The fourth-order valence-electron chi connectivity index (χ4n) is 2.13. The molecule has 0 atom stereocenters. The van der Waals surface area contributed by atoms with E-state index in [1.807, 2.05) is 24.7 Å². The van der Waals surface area contributed by atoms with Gasteiger partial charge in [0, 0.05) is 12.0 Å². The average Bonchev–Trinajstić information content (AvgIpc) is 2.82. The van der Waals surface area contributed by atoms with Crippen LogP contribution in [0, 0.1) is 5.41 Å². The Balaban J connectivity index is 2.70. The Hall–Kier alpha value is -1.08. The van der Waals surface area contributed by atoms with Gasteiger partial charge < -0.3 is 4.74 Å². The van der Waals surface area contributed by atoms with Gasteiger partial charge in [-0.2, -0.15) is 5.10 Å². The topological polar surface area (TPSA) is 87.2 Å². The molecule has 0 saturated carbocycles. The highest BCUT2D eigenvalue weighted by molar-refractivity contribution is 7.89. The first kappa shape index (κ1) is 17.0. The molecule has 7 heteroatoms. The zero-order valence-corrected chi connectivity index (χ0v) is 13.3. The fraction of sp³-hybridized carbons (Fsp3) is 0.769. The molecule has 1 rings (SSSR count). The second-order valence-electron chi connectivity index (χ2n) is 5.24. The van der Waals surface area contributed by atoms with E-state index >= 15 is 0 Å². The lowest BCUT2D eigenvalue weighted by molar-refractivity contribution is 0.154. The van der Waals surface area contributed by atoms with Crippen molar-refractivity contribution in [3.8, 4) is 5.75 Å². The zero-order chi connectivity index (χ0) is 15.2. The van der Waals surface area contributed by atoms with Gasteiger partial charge in [-0.1, -0.05) is 20.8 Å². The van der Waals surface area contributed by atoms with Crippen LogP contribution in [0.4, 0.5) is 0 Å². The Kier molecular flexibility index (Phi) is 6.01. The number of nitrogens with two attached hydrogens (primary N) is 1. The number of rotatable bonds is 9. The summed E-state index contributed by atoms with van der Waals surface area (Å²) in [5, 5.41) is 9.37. The van der Waals surface area contributed by atoms with E-state index in [1.54, 1.807) is 6.20 Å². The predicted octanol–water partition coefficient (Wildman–Crippen LogP) is 1.77. The highest BCUT2D eigenvalue weighted by Crippen LogP contribution is 2.29. The standard InChI is InChI=1S/C13H25N3O3S/c1-4-7-16-9-12(8-15-16)19-10-13(5-2,6-3)11-20(14,17)18/h8-9H,4-7,10-11H2,1-3H3,(H2,14,17,18). The summed E-state index contributed by atoms with van der Waals surface area (Å²) >= 11 is 0. The van der Waals surface area contributed by atoms with Crippen molar-refractivity contribution in [3.63, 3.8) is 0 Å². The molecule has 0 aromatic carbocycles. The van der Waals surface area contributed by atoms with Crippen LogP contribution in [-0.2, 0) is 16.6 Å². The summed E-state index contributed by atoms with van der Waals surface area (Å²) in [5.41, 5.74) is -0.444. The number of hydrogen-bond acceptors (Lipinski definition) is 4. The summed E-state index contributed by atoms with van der Waals surface area (Å²) in [6.45, 7) is 7.16. The van der Waals surface area contributed by atoms with Crippen LogP contribution >= 0.6 is 0 Å². The Labute approximate surface area is 121 Å².